The molecule has 76 valence electrons. The zero-order chi connectivity index (χ0) is 10.1. The van der Waals surface area contributed by atoms with Crippen molar-refractivity contribution in [3.8, 4) is 0 Å². The van der Waals surface area contributed by atoms with E-state index in [1.807, 2.05) is 0 Å². The monoisotopic (exact) mass is 190 g/mol. The summed E-state index contributed by atoms with van der Waals surface area (Å²) in [5.41, 5.74) is 0. The molecule has 0 spiro atoms. The van der Waals surface area contributed by atoms with Crippen LogP contribution in [-0.2, 0) is 14.3 Å². The van der Waals surface area contributed by atoms with Gasteiger partial charge in [-0.15, -0.1) is 0 Å². The van der Waals surface area contributed by atoms with E-state index in [9.17, 15) is 9.90 Å². The van der Waals surface area contributed by atoms with E-state index in [-0.39, 0.29) is 13.0 Å². The van der Waals surface area contributed by atoms with Gasteiger partial charge in [-0.05, 0) is 13.8 Å². The van der Waals surface area contributed by atoms with E-state index in [1.165, 1.54) is 0 Å². The van der Waals surface area contributed by atoms with Gasteiger partial charge in [-0.2, -0.15) is 0 Å². The molecule has 2 N–H and O–H groups in total. The fraction of sp³-hybridized carbons (Fsp3) is 0.875. The Balaban J connectivity index is 2.42. The molecule has 1 aliphatic rings. The highest BCUT2D eigenvalue weighted by Gasteiger charge is 2.37. The Hall–Kier alpha value is -0.650. The van der Waals surface area contributed by atoms with E-state index < -0.39 is 24.0 Å². The van der Waals surface area contributed by atoms with Gasteiger partial charge in [0.25, 0.3) is 0 Å². The van der Waals surface area contributed by atoms with Crippen molar-refractivity contribution in [2.75, 3.05) is 6.61 Å². The van der Waals surface area contributed by atoms with Crippen molar-refractivity contribution in [2.24, 2.45) is 0 Å². The van der Waals surface area contributed by atoms with E-state index in [0.29, 0.717) is 0 Å². The topological polar surface area (TPSA) is 76.0 Å². The SMILES string of the molecule is CC1(C)OC[C@H]([C@@H](O)CC(=O)O)O1. The number of aliphatic carboxylic acids is 1. The second-order valence-electron chi connectivity index (χ2n) is 3.53. The standard InChI is InChI=1S/C8H14O5/c1-8(2)12-4-6(13-8)5(9)3-7(10)11/h5-6,9H,3-4H2,1-2H3,(H,10,11)/t5-,6+/m0/s1. The molecule has 1 heterocycles. The van der Waals surface area contributed by atoms with Crippen molar-refractivity contribution < 1.29 is 24.5 Å². The number of rotatable bonds is 3. The number of carbonyl (C=O) groups is 1. The molecule has 1 saturated heterocycles. The second-order valence-corrected chi connectivity index (χ2v) is 3.53. The van der Waals surface area contributed by atoms with Crippen molar-refractivity contribution >= 4 is 5.97 Å². The van der Waals surface area contributed by atoms with E-state index >= 15 is 0 Å². The molecule has 1 aliphatic heterocycles. The Morgan fingerprint density at radius 3 is 2.69 bits per heavy atom. The summed E-state index contributed by atoms with van der Waals surface area (Å²) in [6.45, 7) is 3.68. The molecule has 0 unspecified atom stereocenters. The van der Waals surface area contributed by atoms with Gasteiger partial charge in [-0.3, -0.25) is 4.79 Å². The number of aliphatic hydroxyl groups excluding tert-OH is 1. The minimum atomic E-state index is -1.04. The summed E-state index contributed by atoms with van der Waals surface area (Å²) >= 11 is 0. The Kier molecular flexibility index (Phi) is 2.90. The molecule has 2 atom stereocenters. The quantitative estimate of drug-likeness (QED) is 0.653. The van der Waals surface area contributed by atoms with Gasteiger partial charge in [0.1, 0.15) is 6.10 Å². The zero-order valence-corrected chi connectivity index (χ0v) is 7.69. The van der Waals surface area contributed by atoms with Gasteiger partial charge in [-0.1, -0.05) is 0 Å². The first-order valence-electron chi connectivity index (χ1n) is 4.12. The van der Waals surface area contributed by atoms with Gasteiger partial charge >= 0.3 is 5.97 Å². The predicted octanol–water partition coefficient (Wildman–Crippen LogP) is -0.0265. The number of hydrogen-bond acceptors (Lipinski definition) is 4. The Labute approximate surface area is 76.3 Å². The first-order chi connectivity index (χ1) is 5.91. The molecule has 13 heavy (non-hydrogen) atoms. The molecule has 1 rings (SSSR count). The minimum Gasteiger partial charge on any atom is -0.481 e. The molecule has 0 radical (unpaired) electrons. The maximum atomic E-state index is 10.3. The number of carboxylic acid groups (broad SMARTS) is 1. The Morgan fingerprint density at radius 2 is 2.31 bits per heavy atom. The van der Waals surface area contributed by atoms with Crippen LogP contribution < -0.4 is 0 Å². The van der Waals surface area contributed by atoms with Crippen LogP contribution in [-0.4, -0.2) is 40.8 Å². The van der Waals surface area contributed by atoms with E-state index in [1.54, 1.807) is 13.8 Å². The minimum absolute atomic E-state index is 0.238. The Morgan fingerprint density at radius 1 is 1.69 bits per heavy atom. The number of hydrogen-bond donors (Lipinski definition) is 2. The molecule has 1 fully saturated rings. The van der Waals surface area contributed by atoms with E-state index in [4.69, 9.17) is 14.6 Å². The summed E-state index contributed by atoms with van der Waals surface area (Å²) < 4.78 is 10.5. The fourth-order valence-electron chi connectivity index (χ4n) is 1.22. The van der Waals surface area contributed by atoms with Crippen LogP contribution >= 0.6 is 0 Å². The van der Waals surface area contributed by atoms with Crippen LogP contribution in [0.25, 0.3) is 0 Å². The highest BCUT2D eigenvalue weighted by molar-refractivity contribution is 5.67. The molecular formula is C8H14O5. The third-order valence-corrected chi connectivity index (χ3v) is 1.84. The highest BCUT2D eigenvalue weighted by Crippen LogP contribution is 2.24. The maximum absolute atomic E-state index is 10.3. The normalized spacial score (nSPS) is 28.7. The van der Waals surface area contributed by atoms with Crippen molar-refractivity contribution in [3.63, 3.8) is 0 Å². The number of ether oxygens (including phenoxy) is 2. The van der Waals surface area contributed by atoms with E-state index in [2.05, 4.69) is 0 Å². The molecule has 5 heteroatoms. The van der Waals surface area contributed by atoms with Crippen molar-refractivity contribution in [1.82, 2.24) is 0 Å². The third-order valence-electron chi connectivity index (χ3n) is 1.84. The molecule has 0 saturated carbocycles. The van der Waals surface area contributed by atoms with Crippen molar-refractivity contribution in [1.29, 1.82) is 0 Å². The third kappa shape index (κ3) is 2.95. The Bertz CT molecular complexity index is 201. The first kappa shape index (κ1) is 10.4. The maximum Gasteiger partial charge on any atom is 0.306 e. The second kappa shape index (κ2) is 3.61. The van der Waals surface area contributed by atoms with Gasteiger partial charge in [0.05, 0.1) is 19.1 Å². The summed E-state index contributed by atoms with van der Waals surface area (Å²) in [6, 6.07) is 0. The largest absolute Gasteiger partial charge is 0.481 e. The molecule has 0 aliphatic carbocycles. The molecule has 0 aromatic heterocycles. The summed E-state index contributed by atoms with van der Waals surface area (Å²) in [7, 11) is 0. The van der Waals surface area contributed by atoms with Crippen LogP contribution in [0.15, 0.2) is 0 Å². The molecule has 0 aromatic carbocycles. The summed E-state index contributed by atoms with van der Waals surface area (Å²) in [5.74, 6) is -1.76. The average molecular weight is 190 g/mol. The van der Waals surface area contributed by atoms with Gasteiger partial charge in [0.15, 0.2) is 5.79 Å². The van der Waals surface area contributed by atoms with E-state index in [0.717, 1.165) is 0 Å². The molecule has 0 aromatic rings. The van der Waals surface area contributed by atoms with Gasteiger partial charge < -0.3 is 19.7 Å². The average Bonchev–Trinajstić information content (AvgIpc) is 2.28. The summed E-state index contributed by atoms with van der Waals surface area (Å²) in [5, 5.41) is 17.8. The molecule has 0 bridgehead atoms. The molecular weight excluding hydrogens is 176 g/mol. The van der Waals surface area contributed by atoms with Crippen LogP contribution in [0, 0.1) is 0 Å². The summed E-state index contributed by atoms with van der Waals surface area (Å²) in [4.78, 5) is 10.3. The first-order valence-corrected chi connectivity index (χ1v) is 4.12. The molecule has 5 nitrogen and oxygen atoms in total. The summed E-state index contributed by atoms with van der Waals surface area (Å²) in [6.07, 6.45) is -1.85. The van der Waals surface area contributed by atoms with Crippen LogP contribution in [0.3, 0.4) is 0 Å². The van der Waals surface area contributed by atoms with Crippen LogP contribution in [0.2, 0.25) is 0 Å². The van der Waals surface area contributed by atoms with Crippen molar-refractivity contribution in [3.05, 3.63) is 0 Å². The smallest absolute Gasteiger partial charge is 0.306 e. The fourth-order valence-corrected chi connectivity index (χ4v) is 1.22. The lowest BCUT2D eigenvalue weighted by atomic mass is 10.1. The number of aliphatic hydroxyl groups is 1. The van der Waals surface area contributed by atoms with Crippen LogP contribution in [0.1, 0.15) is 20.3 Å². The number of carboxylic acids is 1. The predicted molar refractivity (Wildman–Crippen MR) is 43.2 cm³/mol. The van der Waals surface area contributed by atoms with Crippen LogP contribution in [0.5, 0.6) is 0 Å². The highest BCUT2D eigenvalue weighted by atomic mass is 16.7. The van der Waals surface area contributed by atoms with Gasteiger partial charge in [-0.25, -0.2) is 0 Å². The van der Waals surface area contributed by atoms with Gasteiger partial charge in [0.2, 0.25) is 0 Å². The lowest BCUT2D eigenvalue weighted by Gasteiger charge is -2.19. The van der Waals surface area contributed by atoms with Crippen LogP contribution in [0.4, 0.5) is 0 Å². The van der Waals surface area contributed by atoms with Gasteiger partial charge in [0, 0.05) is 0 Å². The van der Waals surface area contributed by atoms with Crippen molar-refractivity contribution in [2.45, 2.75) is 38.3 Å². The molecule has 0 amide bonds. The lowest BCUT2D eigenvalue weighted by molar-refractivity contribution is -0.157. The lowest BCUT2D eigenvalue weighted by Crippen LogP contribution is -2.32. The zero-order valence-electron chi connectivity index (χ0n) is 7.69.